The zero-order valence-corrected chi connectivity index (χ0v) is 12.8. The average molecular weight is 281 g/mol. The van der Waals surface area contributed by atoms with E-state index in [1.807, 2.05) is 18.9 Å². The first-order valence-corrected chi connectivity index (χ1v) is 7.89. The predicted molar refractivity (Wildman–Crippen MR) is 77.2 cm³/mol. The first-order valence-electron chi connectivity index (χ1n) is 7.89. The van der Waals surface area contributed by atoms with Crippen molar-refractivity contribution in [1.82, 2.24) is 4.90 Å². The standard InChI is InChI=1S/C16H27NO3/c1-10-5-4-6-12(7-10)17(3)15(18)13-8-11(2)9-14(13)16(19)20/h10-14H,4-9H2,1-3H3,(H,19,20)/t10?,11?,12?,13-,14+/m0/s1. The molecule has 0 aromatic heterocycles. The minimum Gasteiger partial charge on any atom is -0.481 e. The van der Waals surface area contributed by atoms with Crippen molar-refractivity contribution >= 4 is 11.9 Å². The highest BCUT2D eigenvalue weighted by molar-refractivity contribution is 5.85. The largest absolute Gasteiger partial charge is 0.481 e. The Kier molecular flexibility index (Phi) is 4.71. The van der Waals surface area contributed by atoms with Crippen LogP contribution in [0.3, 0.4) is 0 Å². The smallest absolute Gasteiger partial charge is 0.307 e. The fourth-order valence-corrected chi connectivity index (χ4v) is 4.03. The van der Waals surface area contributed by atoms with E-state index in [9.17, 15) is 14.7 Å². The van der Waals surface area contributed by atoms with Crippen LogP contribution in [0.15, 0.2) is 0 Å². The van der Waals surface area contributed by atoms with Crippen LogP contribution in [0.2, 0.25) is 0 Å². The molecule has 2 aliphatic rings. The molecular weight excluding hydrogens is 254 g/mol. The molecule has 0 saturated heterocycles. The highest BCUT2D eigenvalue weighted by atomic mass is 16.4. The van der Waals surface area contributed by atoms with Gasteiger partial charge in [-0.2, -0.15) is 0 Å². The Balaban J connectivity index is 2.03. The van der Waals surface area contributed by atoms with Crippen LogP contribution in [0.5, 0.6) is 0 Å². The van der Waals surface area contributed by atoms with Crippen LogP contribution in [0.4, 0.5) is 0 Å². The molecule has 4 heteroatoms. The van der Waals surface area contributed by atoms with Gasteiger partial charge >= 0.3 is 5.97 Å². The summed E-state index contributed by atoms with van der Waals surface area (Å²) in [7, 11) is 1.87. The molecule has 0 spiro atoms. The summed E-state index contributed by atoms with van der Waals surface area (Å²) in [5.41, 5.74) is 0. The third kappa shape index (κ3) is 3.15. The van der Waals surface area contributed by atoms with Crippen molar-refractivity contribution < 1.29 is 14.7 Å². The molecule has 2 rings (SSSR count). The molecule has 2 saturated carbocycles. The van der Waals surface area contributed by atoms with Crippen LogP contribution in [0, 0.1) is 23.7 Å². The Hall–Kier alpha value is -1.06. The maximum Gasteiger partial charge on any atom is 0.307 e. The fraction of sp³-hybridized carbons (Fsp3) is 0.875. The summed E-state index contributed by atoms with van der Waals surface area (Å²) in [5.74, 6) is -0.546. The molecule has 114 valence electrons. The van der Waals surface area contributed by atoms with Gasteiger partial charge in [0.15, 0.2) is 0 Å². The lowest BCUT2D eigenvalue weighted by Gasteiger charge is -2.36. The Morgan fingerprint density at radius 1 is 1.00 bits per heavy atom. The van der Waals surface area contributed by atoms with Crippen LogP contribution < -0.4 is 0 Å². The van der Waals surface area contributed by atoms with Crippen molar-refractivity contribution in [3.05, 3.63) is 0 Å². The van der Waals surface area contributed by atoms with Crippen molar-refractivity contribution in [2.45, 2.75) is 58.4 Å². The highest BCUT2D eigenvalue weighted by Gasteiger charge is 2.43. The summed E-state index contributed by atoms with van der Waals surface area (Å²) in [6.45, 7) is 4.29. The van der Waals surface area contributed by atoms with Crippen LogP contribution in [0.1, 0.15) is 52.4 Å². The summed E-state index contributed by atoms with van der Waals surface area (Å²) >= 11 is 0. The third-order valence-electron chi connectivity index (χ3n) is 5.24. The molecule has 1 N–H and O–H groups in total. The van der Waals surface area contributed by atoms with Gasteiger partial charge in [-0.15, -0.1) is 0 Å². The minimum absolute atomic E-state index is 0.0563. The van der Waals surface area contributed by atoms with Crippen molar-refractivity contribution in [2.75, 3.05) is 7.05 Å². The van der Waals surface area contributed by atoms with Gasteiger partial charge < -0.3 is 10.0 Å². The summed E-state index contributed by atoms with van der Waals surface area (Å²) in [4.78, 5) is 25.9. The topological polar surface area (TPSA) is 57.6 Å². The summed E-state index contributed by atoms with van der Waals surface area (Å²) in [6.07, 6.45) is 5.90. The minimum atomic E-state index is -0.807. The van der Waals surface area contributed by atoms with Crippen molar-refractivity contribution in [1.29, 1.82) is 0 Å². The summed E-state index contributed by atoms with van der Waals surface area (Å²) < 4.78 is 0. The zero-order chi connectivity index (χ0) is 14.9. The lowest BCUT2D eigenvalue weighted by Crippen LogP contribution is -2.44. The molecule has 2 fully saturated rings. The van der Waals surface area contributed by atoms with Gasteiger partial charge in [0.25, 0.3) is 0 Å². The molecule has 2 aliphatic carbocycles. The molecule has 3 unspecified atom stereocenters. The van der Waals surface area contributed by atoms with Crippen LogP contribution in [0.25, 0.3) is 0 Å². The lowest BCUT2D eigenvalue weighted by atomic mass is 9.85. The number of carboxylic acids is 1. The van der Waals surface area contributed by atoms with Crippen LogP contribution in [-0.4, -0.2) is 35.0 Å². The summed E-state index contributed by atoms with van der Waals surface area (Å²) in [5, 5.41) is 9.31. The first-order chi connectivity index (χ1) is 9.40. The second kappa shape index (κ2) is 6.15. The van der Waals surface area contributed by atoms with E-state index < -0.39 is 11.9 Å². The number of hydrogen-bond donors (Lipinski definition) is 1. The Bertz CT molecular complexity index is 382. The maximum atomic E-state index is 12.7. The number of amides is 1. The monoisotopic (exact) mass is 281 g/mol. The molecule has 1 amide bonds. The van der Waals surface area contributed by atoms with E-state index in [1.54, 1.807) is 0 Å². The molecule has 5 atom stereocenters. The number of nitrogens with zero attached hydrogens (tertiary/aromatic N) is 1. The molecule has 0 aromatic rings. The Morgan fingerprint density at radius 3 is 2.25 bits per heavy atom. The van der Waals surface area contributed by atoms with E-state index in [0.717, 1.165) is 19.3 Å². The molecular formula is C16H27NO3. The molecule has 4 nitrogen and oxygen atoms in total. The van der Waals surface area contributed by atoms with Gasteiger partial charge in [0.1, 0.15) is 0 Å². The van der Waals surface area contributed by atoms with E-state index in [2.05, 4.69) is 6.92 Å². The van der Waals surface area contributed by atoms with E-state index in [4.69, 9.17) is 0 Å². The molecule has 0 radical (unpaired) electrons. The first kappa shape index (κ1) is 15.3. The van der Waals surface area contributed by atoms with E-state index in [0.29, 0.717) is 24.3 Å². The van der Waals surface area contributed by atoms with Gasteiger partial charge in [-0.05, 0) is 37.5 Å². The van der Waals surface area contributed by atoms with Crippen molar-refractivity contribution in [3.8, 4) is 0 Å². The third-order valence-corrected chi connectivity index (χ3v) is 5.24. The van der Waals surface area contributed by atoms with Gasteiger partial charge in [0.05, 0.1) is 11.8 Å². The van der Waals surface area contributed by atoms with Crippen LogP contribution in [-0.2, 0) is 9.59 Å². The number of aliphatic carboxylic acids is 1. The van der Waals surface area contributed by atoms with Gasteiger partial charge in [0.2, 0.25) is 5.91 Å². The lowest BCUT2D eigenvalue weighted by molar-refractivity contribution is -0.149. The van der Waals surface area contributed by atoms with Gasteiger partial charge in [-0.3, -0.25) is 9.59 Å². The van der Waals surface area contributed by atoms with Gasteiger partial charge in [0, 0.05) is 13.1 Å². The van der Waals surface area contributed by atoms with Crippen molar-refractivity contribution in [2.24, 2.45) is 23.7 Å². The normalized spacial score (nSPS) is 37.6. The van der Waals surface area contributed by atoms with Gasteiger partial charge in [-0.25, -0.2) is 0 Å². The van der Waals surface area contributed by atoms with E-state index in [1.165, 1.54) is 12.8 Å². The predicted octanol–water partition coefficient (Wildman–Crippen LogP) is 2.77. The fourth-order valence-electron chi connectivity index (χ4n) is 4.03. The summed E-state index contributed by atoms with van der Waals surface area (Å²) in [6, 6.07) is 0.302. The molecule has 0 bridgehead atoms. The number of carbonyl (C=O) groups excluding carboxylic acids is 1. The molecule has 0 aromatic carbocycles. The number of carbonyl (C=O) groups is 2. The van der Waals surface area contributed by atoms with Gasteiger partial charge in [-0.1, -0.05) is 26.7 Å². The number of carboxylic acid groups (broad SMARTS) is 1. The average Bonchev–Trinajstić information content (AvgIpc) is 2.79. The van der Waals surface area contributed by atoms with Crippen LogP contribution >= 0.6 is 0 Å². The SMILES string of the molecule is CC1CCCC(N(C)C(=O)[C@H]2CC(C)C[C@H]2C(=O)O)C1. The Morgan fingerprint density at radius 2 is 1.65 bits per heavy atom. The second-order valence-corrected chi connectivity index (χ2v) is 7.00. The Labute approximate surface area is 121 Å². The highest BCUT2D eigenvalue weighted by Crippen LogP contribution is 2.38. The number of rotatable bonds is 3. The second-order valence-electron chi connectivity index (χ2n) is 7.00. The molecule has 0 aliphatic heterocycles. The quantitative estimate of drug-likeness (QED) is 0.865. The van der Waals surface area contributed by atoms with E-state index >= 15 is 0 Å². The number of hydrogen-bond acceptors (Lipinski definition) is 2. The maximum absolute atomic E-state index is 12.7. The van der Waals surface area contributed by atoms with E-state index in [-0.39, 0.29) is 11.8 Å². The molecule has 20 heavy (non-hydrogen) atoms. The molecule has 0 heterocycles. The van der Waals surface area contributed by atoms with Crippen molar-refractivity contribution in [3.63, 3.8) is 0 Å². The zero-order valence-electron chi connectivity index (χ0n) is 12.8.